The zero-order chi connectivity index (χ0) is 25.9. The van der Waals surface area contributed by atoms with Crippen LogP contribution in [0.25, 0.3) is 22.4 Å². The van der Waals surface area contributed by atoms with Crippen molar-refractivity contribution in [3.8, 4) is 17.3 Å². The van der Waals surface area contributed by atoms with Crippen LogP contribution in [0.4, 0.5) is 5.69 Å². The molecule has 1 atom stereocenters. The van der Waals surface area contributed by atoms with Gasteiger partial charge in [0.1, 0.15) is 17.7 Å². The number of pyridine rings is 1. The van der Waals surface area contributed by atoms with Gasteiger partial charge in [0.15, 0.2) is 5.65 Å². The molecule has 3 aromatic rings. The summed E-state index contributed by atoms with van der Waals surface area (Å²) >= 11 is 6.60. The summed E-state index contributed by atoms with van der Waals surface area (Å²) in [6, 6.07) is 9.17. The Morgan fingerprint density at radius 1 is 1.16 bits per heavy atom. The maximum absolute atomic E-state index is 11.3. The van der Waals surface area contributed by atoms with E-state index >= 15 is 0 Å². The van der Waals surface area contributed by atoms with Gasteiger partial charge in [0.25, 0.3) is 0 Å². The largest absolute Gasteiger partial charge is 0.480 e. The van der Waals surface area contributed by atoms with Crippen molar-refractivity contribution in [2.45, 2.75) is 31.9 Å². The summed E-state index contributed by atoms with van der Waals surface area (Å²) in [6.45, 7) is 6.22. The number of halogens is 1. The van der Waals surface area contributed by atoms with Gasteiger partial charge in [-0.05, 0) is 38.0 Å². The first-order valence-electron chi connectivity index (χ1n) is 12.2. The zero-order valence-corrected chi connectivity index (χ0v) is 21.1. The first-order chi connectivity index (χ1) is 17.9. The highest BCUT2D eigenvalue weighted by molar-refractivity contribution is 6.33. The van der Waals surface area contributed by atoms with E-state index in [0.717, 1.165) is 24.3 Å². The average Bonchev–Trinajstić information content (AvgIpc) is 3.24. The molecule has 2 aromatic heterocycles. The highest BCUT2D eigenvalue weighted by Crippen LogP contribution is 2.32. The average molecular weight is 530 g/mol. The highest BCUT2D eigenvalue weighted by atomic mass is 35.5. The second kappa shape index (κ2) is 10.9. The van der Waals surface area contributed by atoms with Crippen LogP contribution in [-0.4, -0.2) is 88.7 Å². The van der Waals surface area contributed by atoms with E-state index in [1.165, 1.54) is 4.73 Å². The number of carbonyl (C=O) groups excluding carboxylic acids is 1. The molecule has 1 unspecified atom stereocenters. The van der Waals surface area contributed by atoms with Crippen molar-refractivity contribution in [1.29, 1.82) is 0 Å². The number of hydrogen-bond donors (Lipinski definition) is 1. The molecule has 0 bridgehead atoms. The van der Waals surface area contributed by atoms with Gasteiger partial charge in [-0.3, -0.25) is 14.5 Å². The van der Waals surface area contributed by atoms with Crippen LogP contribution in [-0.2, 0) is 14.3 Å². The number of ether oxygens (including phenoxy) is 2. The minimum absolute atomic E-state index is 0.0928. The molecule has 1 aromatic carbocycles. The van der Waals surface area contributed by atoms with Crippen molar-refractivity contribution >= 4 is 40.9 Å². The number of fused-ring (bicyclic) bond motifs is 1. The summed E-state index contributed by atoms with van der Waals surface area (Å²) in [6.07, 6.45) is 0.999. The van der Waals surface area contributed by atoms with Gasteiger partial charge in [-0.2, -0.15) is 4.98 Å². The molecule has 2 fully saturated rings. The van der Waals surface area contributed by atoms with E-state index in [1.54, 1.807) is 13.0 Å². The fourth-order valence-corrected chi connectivity index (χ4v) is 4.95. The van der Waals surface area contributed by atoms with E-state index in [-0.39, 0.29) is 18.6 Å². The Balaban J connectivity index is 1.37. The van der Waals surface area contributed by atoms with Crippen molar-refractivity contribution in [3.05, 3.63) is 35.4 Å². The predicted molar refractivity (Wildman–Crippen MR) is 136 cm³/mol. The third-order valence-corrected chi connectivity index (χ3v) is 7.14. The lowest BCUT2D eigenvalue weighted by atomic mass is 10.1. The number of piperidine rings is 1. The van der Waals surface area contributed by atoms with E-state index < -0.39 is 12.0 Å². The lowest BCUT2D eigenvalue weighted by molar-refractivity contribution is -0.143. The topological polar surface area (TPSA) is 119 Å². The third kappa shape index (κ3) is 5.34. The molecule has 0 aliphatic carbocycles. The number of hydrogen-bond acceptors (Lipinski definition) is 9. The van der Waals surface area contributed by atoms with Crippen LogP contribution in [0, 0.1) is 0 Å². The predicted octanol–water partition coefficient (Wildman–Crippen LogP) is 2.49. The number of morpholine rings is 1. The normalized spacial score (nSPS) is 18.1. The fraction of sp³-hybridized carbons (Fsp3) is 0.440. The molecule has 1 N–H and O–H groups in total. The summed E-state index contributed by atoms with van der Waals surface area (Å²) < 4.78 is 12.7. The van der Waals surface area contributed by atoms with Gasteiger partial charge in [-0.1, -0.05) is 23.7 Å². The number of nitrogens with zero attached hydrogens (tertiary/aromatic N) is 5. The molecule has 2 aliphatic heterocycles. The molecule has 4 heterocycles. The molecule has 0 saturated carbocycles. The molecule has 37 heavy (non-hydrogen) atoms. The number of carbonyl (C=O) groups is 2. The SMILES string of the molecule is CC(C(=O)O)N1CCC(Oc2nc3nc(-c4ccc(N5CCOCC5)cc4)c(Cl)cc3n2OC=O)CC1. The van der Waals surface area contributed by atoms with Gasteiger partial charge in [0.2, 0.25) is 0 Å². The Labute approximate surface area is 218 Å². The number of aromatic nitrogens is 3. The molecule has 5 rings (SSSR count). The number of likely N-dealkylation sites (tertiary alicyclic amines) is 1. The summed E-state index contributed by atoms with van der Waals surface area (Å²) in [5, 5.41) is 9.63. The van der Waals surface area contributed by atoms with Crippen molar-refractivity contribution in [2.24, 2.45) is 0 Å². The number of carboxylic acids is 1. The Kier molecular flexibility index (Phi) is 7.45. The van der Waals surface area contributed by atoms with Crippen LogP contribution in [0.5, 0.6) is 6.01 Å². The van der Waals surface area contributed by atoms with Gasteiger partial charge in [-0.15, -0.1) is 4.73 Å². The van der Waals surface area contributed by atoms with Gasteiger partial charge in [-0.25, -0.2) is 4.98 Å². The van der Waals surface area contributed by atoms with Crippen molar-refractivity contribution in [2.75, 3.05) is 44.3 Å². The second-order valence-corrected chi connectivity index (χ2v) is 9.47. The number of benzene rings is 1. The Morgan fingerprint density at radius 2 is 1.86 bits per heavy atom. The van der Waals surface area contributed by atoms with Crippen LogP contribution in [0.15, 0.2) is 30.3 Å². The molecule has 2 saturated heterocycles. The lowest BCUT2D eigenvalue weighted by Crippen LogP contribution is -2.46. The maximum Gasteiger partial charge on any atom is 0.333 e. The summed E-state index contributed by atoms with van der Waals surface area (Å²) in [4.78, 5) is 40.9. The summed E-state index contributed by atoms with van der Waals surface area (Å²) in [5.74, 6) is -0.852. The number of rotatable bonds is 8. The monoisotopic (exact) mass is 529 g/mol. The lowest BCUT2D eigenvalue weighted by Gasteiger charge is -2.33. The number of imidazole rings is 1. The fourth-order valence-electron chi connectivity index (χ4n) is 4.70. The van der Waals surface area contributed by atoms with Crippen LogP contribution >= 0.6 is 11.6 Å². The second-order valence-electron chi connectivity index (χ2n) is 9.07. The molecule has 0 radical (unpaired) electrons. The minimum Gasteiger partial charge on any atom is -0.480 e. The minimum atomic E-state index is -0.852. The van der Waals surface area contributed by atoms with E-state index in [1.807, 2.05) is 29.2 Å². The first-order valence-corrected chi connectivity index (χ1v) is 12.6. The number of aliphatic carboxylic acids is 1. The number of anilines is 1. The molecule has 2 aliphatic rings. The smallest absolute Gasteiger partial charge is 0.333 e. The Hall–Kier alpha value is -3.41. The van der Waals surface area contributed by atoms with Crippen molar-refractivity contribution in [3.63, 3.8) is 0 Å². The number of carboxylic acid groups (broad SMARTS) is 1. The van der Waals surface area contributed by atoms with Gasteiger partial charge < -0.3 is 24.3 Å². The molecule has 0 amide bonds. The van der Waals surface area contributed by atoms with Gasteiger partial charge in [0.05, 0.1) is 23.9 Å². The van der Waals surface area contributed by atoms with E-state index in [4.69, 9.17) is 25.9 Å². The summed E-state index contributed by atoms with van der Waals surface area (Å²) in [5.41, 5.74) is 3.22. The van der Waals surface area contributed by atoms with Crippen molar-refractivity contribution < 1.29 is 29.0 Å². The third-order valence-electron chi connectivity index (χ3n) is 6.85. The molecule has 0 spiro atoms. The van der Waals surface area contributed by atoms with Gasteiger partial charge >= 0.3 is 18.5 Å². The van der Waals surface area contributed by atoms with Crippen LogP contribution in [0.2, 0.25) is 5.02 Å². The van der Waals surface area contributed by atoms with Gasteiger partial charge in [0, 0.05) is 37.4 Å². The molecule has 11 nitrogen and oxygen atoms in total. The quantitative estimate of drug-likeness (QED) is 0.436. The van der Waals surface area contributed by atoms with E-state index in [0.29, 0.717) is 61.0 Å². The zero-order valence-electron chi connectivity index (χ0n) is 20.4. The van der Waals surface area contributed by atoms with E-state index in [9.17, 15) is 14.7 Å². The molecular weight excluding hydrogens is 502 g/mol. The maximum atomic E-state index is 11.3. The van der Waals surface area contributed by atoms with Crippen LogP contribution < -0.4 is 14.5 Å². The highest BCUT2D eigenvalue weighted by Gasteiger charge is 2.29. The molecule has 12 heteroatoms. The molecule has 196 valence electrons. The molecular formula is C25H28ClN5O6. The van der Waals surface area contributed by atoms with Crippen LogP contribution in [0.1, 0.15) is 19.8 Å². The summed E-state index contributed by atoms with van der Waals surface area (Å²) in [7, 11) is 0. The van der Waals surface area contributed by atoms with Crippen LogP contribution in [0.3, 0.4) is 0 Å². The Bertz CT molecular complexity index is 1270. The van der Waals surface area contributed by atoms with Crippen molar-refractivity contribution in [1.82, 2.24) is 19.6 Å². The standard InChI is InChI=1S/C25H28ClN5O6/c1-16(24(33)34)29-8-6-19(7-9-29)37-25-28-23-21(31(25)36-15-32)14-20(26)22(27-23)17-2-4-18(5-3-17)30-10-12-35-13-11-30/h2-5,14-16,19H,6-13H2,1H3,(H,33,34). The van der Waals surface area contributed by atoms with E-state index in [2.05, 4.69) is 14.9 Å². The first kappa shape index (κ1) is 25.2. The Morgan fingerprint density at radius 3 is 2.51 bits per heavy atom.